The number of quaternary nitrogens is 1. The second kappa shape index (κ2) is 45.3. The summed E-state index contributed by atoms with van der Waals surface area (Å²) < 4.78 is 22.6. The quantitative estimate of drug-likeness (QED) is 0.0195. The summed E-state index contributed by atoms with van der Waals surface area (Å²) in [6.45, 7) is 4.58. The van der Waals surface area contributed by atoms with E-state index in [0.717, 1.165) is 89.9 Å². The van der Waals surface area contributed by atoms with E-state index in [0.29, 0.717) is 17.4 Å². The number of allylic oxidation sites excluding steroid dienone is 12. The van der Waals surface area contributed by atoms with E-state index in [1.165, 1.54) is 70.6 Å². The first kappa shape index (κ1) is 59.7. The lowest BCUT2D eigenvalue weighted by Gasteiger charge is -2.26. The molecule has 63 heavy (non-hydrogen) atoms. The fraction of sp³-hybridized carbons (Fsp3) is 0.722. The first-order valence-electron chi connectivity index (χ1n) is 25.1. The third-order valence-corrected chi connectivity index (χ3v) is 10.4. The molecule has 0 N–H and O–H groups in total. The van der Waals surface area contributed by atoms with Gasteiger partial charge >= 0.3 is 11.9 Å². The molecule has 0 spiro atoms. The van der Waals surface area contributed by atoms with Crippen molar-refractivity contribution in [2.75, 3.05) is 47.5 Å². The molecule has 0 rings (SSSR count). The van der Waals surface area contributed by atoms with Crippen LogP contribution in [0, 0.1) is 0 Å². The Hall–Kier alpha value is -3.27. The van der Waals surface area contributed by atoms with Gasteiger partial charge in [0.05, 0.1) is 40.3 Å². The molecule has 0 amide bonds. The van der Waals surface area contributed by atoms with Crippen LogP contribution in [-0.4, -0.2) is 82.3 Å². The molecule has 0 aromatic heterocycles. The Morgan fingerprint density at radius 2 is 0.905 bits per heavy atom. The number of carbonyl (C=O) groups is 3. The van der Waals surface area contributed by atoms with Gasteiger partial charge in [0, 0.05) is 12.8 Å². The van der Waals surface area contributed by atoms with Crippen LogP contribution in [-0.2, 0) is 33.3 Å². The van der Waals surface area contributed by atoms with Gasteiger partial charge in [-0.25, -0.2) is 0 Å². The van der Waals surface area contributed by atoms with Crippen LogP contribution < -0.4 is 5.11 Å². The van der Waals surface area contributed by atoms with Gasteiger partial charge in [-0.2, -0.15) is 0 Å². The number of ether oxygens (including phenoxy) is 4. The molecular formula is C54H93NO8. The highest BCUT2D eigenvalue weighted by Gasteiger charge is 2.21. The normalized spacial score (nSPS) is 13.5. The van der Waals surface area contributed by atoms with E-state index in [1.807, 2.05) is 21.1 Å². The van der Waals surface area contributed by atoms with Crippen molar-refractivity contribution in [3.63, 3.8) is 0 Å². The second-order valence-electron chi connectivity index (χ2n) is 17.7. The number of unbranched alkanes of at least 4 members (excludes halogenated alkanes) is 18. The SMILES string of the molecule is CC/C=C\C/C=C\C/C=C\C/C=C\CCCCCCCCCCC(=O)OC(COC(=O)CCCCCCCCC/C=C\C/C=C\CCCCC)COC(OCC[N+](C)(C)C)C(=O)[O-]. The molecule has 0 bridgehead atoms. The summed E-state index contributed by atoms with van der Waals surface area (Å²) in [6, 6.07) is 0. The number of hydrogen-bond acceptors (Lipinski definition) is 8. The monoisotopic (exact) mass is 884 g/mol. The Morgan fingerprint density at radius 1 is 0.492 bits per heavy atom. The summed E-state index contributed by atoms with van der Waals surface area (Å²) in [5.41, 5.74) is 0. The maximum Gasteiger partial charge on any atom is 0.306 e. The number of carbonyl (C=O) groups excluding carboxylic acids is 3. The molecule has 2 atom stereocenters. The van der Waals surface area contributed by atoms with Gasteiger partial charge in [0.2, 0.25) is 0 Å². The minimum absolute atomic E-state index is 0.141. The number of rotatable bonds is 45. The third-order valence-electron chi connectivity index (χ3n) is 10.4. The van der Waals surface area contributed by atoms with Crippen molar-refractivity contribution < 1.29 is 42.9 Å². The summed E-state index contributed by atoms with van der Waals surface area (Å²) in [4.78, 5) is 37.1. The molecule has 0 saturated carbocycles. The second-order valence-corrected chi connectivity index (χ2v) is 17.7. The molecule has 9 heteroatoms. The van der Waals surface area contributed by atoms with Crippen LogP contribution in [0.15, 0.2) is 72.9 Å². The zero-order valence-corrected chi connectivity index (χ0v) is 40.9. The minimum Gasteiger partial charge on any atom is -0.545 e. The average Bonchev–Trinajstić information content (AvgIpc) is 3.24. The Morgan fingerprint density at radius 3 is 1.35 bits per heavy atom. The van der Waals surface area contributed by atoms with E-state index in [9.17, 15) is 19.5 Å². The van der Waals surface area contributed by atoms with Crippen molar-refractivity contribution >= 4 is 17.9 Å². The summed E-state index contributed by atoms with van der Waals surface area (Å²) in [7, 11) is 5.90. The molecule has 0 aliphatic carbocycles. The maximum atomic E-state index is 12.8. The molecule has 0 fully saturated rings. The molecule has 0 radical (unpaired) electrons. The number of carboxylic acids is 1. The van der Waals surface area contributed by atoms with Gasteiger partial charge in [-0.1, -0.05) is 170 Å². The average molecular weight is 884 g/mol. The molecule has 362 valence electrons. The number of nitrogens with zero attached hydrogens (tertiary/aromatic N) is 1. The van der Waals surface area contributed by atoms with Gasteiger partial charge in [0.15, 0.2) is 12.4 Å². The summed E-state index contributed by atoms with van der Waals surface area (Å²) in [5, 5.41) is 11.7. The molecule has 0 aromatic rings. The highest BCUT2D eigenvalue weighted by atomic mass is 16.7. The van der Waals surface area contributed by atoms with Gasteiger partial charge in [0.25, 0.3) is 0 Å². The number of hydrogen-bond donors (Lipinski definition) is 0. The van der Waals surface area contributed by atoms with Crippen molar-refractivity contribution in [2.24, 2.45) is 0 Å². The topological polar surface area (TPSA) is 111 Å². The van der Waals surface area contributed by atoms with Crippen LogP contribution in [0.1, 0.15) is 194 Å². The predicted octanol–water partition coefficient (Wildman–Crippen LogP) is 12.6. The van der Waals surface area contributed by atoms with Crippen LogP contribution in [0.3, 0.4) is 0 Å². The lowest BCUT2D eigenvalue weighted by molar-refractivity contribution is -0.870. The molecule has 0 aliphatic rings. The van der Waals surface area contributed by atoms with Crippen molar-refractivity contribution in [1.29, 1.82) is 0 Å². The van der Waals surface area contributed by atoms with Gasteiger partial charge in [-0.05, 0) is 83.5 Å². The number of aliphatic carboxylic acids is 1. The standard InChI is InChI=1S/C54H93NO8/c1-6-8-10-12-14-16-18-20-22-24-25-26-27-29-31-33-35-37-39-41-43-45-52(57)63-50(49-62-54(53(58)59)60-47-46-55(3,4)5)48-61-51(56)44-42-40-38-36-34-32-30-28-23-21-19-17-15-13-11-9-7-2/h8,10,14-17,20-23,25-26,50,54H,6-7,9,11-13,18-19,24,27-49H2,1-5H3/b10-8-,16-14-,17-15-,22-20-,23-21-,26-25-. The number of carboxylic acid groups (broad SMARTS) is 1. The van der Waals surface area contributed by atoms with E-state index >= 15 is 0 Å². The van der Waals surface area contributed by atoms with Crippen molar-refractivity contribution in [1.82, 2.24) is 0 Å². The Kier molecular flexibility index (Phi) is 43.0. The van der Waals surface area contributed by atoms with Gasteiger partial charge < -0.3 is 33.3 Å². The molecule has 9 nitrogen and oxygen atoms in total. The Labute approximate surface area is 386 Å². The van der Waals surface area contributed by atoms with E-state index in [-0.39, 0.29) is 38.6 Å². The van der Waals surface area contributed by atoms with E-state index in [4.69, 9.17) is 18.9 Å². The predicted molar refractivity (Wildman–Crippen MR) is 260 cm³/mol. The van der Waals surface area contributed by atoms with Gasteiger partial charge in [-0.15, -0.1) is 0 Å². The zero-order chi connectivity index (χ0) is 46.3. The molecule has 0 aliphatic heterocycles. The Balaban J connectivity index is 4.39. The molecule has 0 aromatic carbocycles. The van der Waals surface area contributed by atoms with E-state index in [1.54, 1.807) is 0 Å². The van der Waals surface area contributed by atoms with E-state index < -0.39 is 24.3 Å². The van der Waals surface area contributed by atoms with Crippen LogP contribution >= 0.6 is 0 Å². The fourth-order valence-corrected chi connectivity index (χ4v) is 6.56. The lowest BCUT2D eigenvalue weighted by Crippen LogP contribution is -2.44. The van der Waals surface area contributed by atoms with Crippen LogP contribution in [0.4, 0.5) is 0 Å². The highest BCUT2D eigenvalue weighted by molar-refractivity contribution is 5.70. The smallest absolute Gasteiger partial charge is 0.306 e. The molecular weight excluding hydrogens is 791 g/mol. The number of esters is 2. The molecule has 0 saturated heterocycles. The molecule has 0 heterocycles. The highest BCUT2D eigenvalue weighted by Crippen LogP contribution is 2.14. The zero-order valence-electron chi connectivity index (χ0n) is 40.9. The largest absolute Gasteiger partial charge is 0.545 e. The van der Waals surface area contributed by atoms with E-state index in [2.05, 4.69) is 86.8 Å². The first-order valence-corrected chi connectivity index (χ1v) is 25.1. The first-order chi connectivity index (χ1) is 30.6. The maximum absolute atomic E-state index is 12.8. The Bertz CT molecular complexity index is 1260. The van der Waals surface area contributed by atoms with Crippen molar-refractivity contribution in [2.45, 2.75) is 206 Å². The van der Waals surface area contributed by atoms with Crippen LogP contribution in [0.2, 0.25) is 0 Å². The van der Waals surface area contributed by atoms with Crippen molar-refractivity contribution in [3.05, 3.63) is 72.9 Å². The molecule has 2 unspecified atom stereocenters. The summed E-state index contributed by atoms with van der Waals surface area (Å²) in [5.74, 6) is -2.31. The van der Waals surface area contributed by atoms with Crippen LogP contribution in [0.5, 0.6) is 0 Å². The van der Waals surface area contributed by atoms with Crippen LogP contribution in [0.25, 0.3) is 0 Å². The van der Waals surface area contributed by atoms with Crippen molar-refractivity contribution in [3.8, 4) is 0 Å². The summed E-state index contributed by atoms with van der Waals surface area (Å²) >= 11 is 0. The van der Waals surface area contributed by atoms with Gasteiger partial charge in [-0.3, -0.25) is 9.59 Å². The van der Waals surface area contributed by atoms with Gasteiger partial charge in [0.1, 0.15) is 13.2 Å². The number of likely N-dealkylation sites (N-methyl/N-ethyl adjacent to an activating group) is 1. The minimum atomic E-state index is -1.63. The summed E-state index contributed by atoms with van der Waals surface area (Å²) in [6.07, 6.45) is 53.5. The fourth-order valence-electron chi connectivity index (χ4n) is 6.56. The lowest BCUT2D eigenvalue weighted by atomic mass is 10.1. The third kappa shape index (κ3) is 46.5.